The average Bonchev–Trinajstić information content (AvgIpc) is 3.24. The molecule has 0 bridgehead atoms. The molecule has 1 aliphatic rings. The molecule has 2 atom stereocenters. The van der Waals surface area contributed by atoms with Crippen LogP contribution in [0.3, 0.4) is 0 Å². The van der Waals surface area contributed by atoms with Gasteiger partial charge < -0.3 is 4.74 Å². The molecule has 1 aliphatic heterocycles. The number of ether oxygens (including phenoxy) is 1. The lowest BCUT2D eigenvalue weighted by Crippen LogP contribution is -1.92. The van der Waals surface area contributed by atoms with Gasteiger partial charge in [-0.3, -0.25) is 4.99 Å². The van der Waals surface area contributed by atoms with Crippen LogP contribution in [-0.4, -0.2) is 18.5 Å². The topological polar surface area (TPSA) is 48.7 Å². The summed E-state index contributed by atoms with van der Waals surface area (Å²) in [6.45, 7) is 2.25. The van der Waals surface area contributed by atoms with Gasteiger partial charge in [-0.1, -0.05) is 58.3 Å². The van der Waals surface area contributed by atoms with Gasteiger partial charge in [-0.05, 0) is 25.7 Å². The maximum Gasteiger partial charge on any atom is 0.174 e. The molecule has 1 fully saturated rings. The highest BCUT2D eigenvalue weighted by Crippen LogP contribution is 2.28. The number of hydrogen-bond acceptors (Lipinski definition) is 3. The highest BCUT2D eigenvalue weighted by atomic mass is 16.6. The third kappa shape index (κ3) is 10.5. The van der Waals surface area contributed by atoms with Gasteiger partial charge in [0.25, 0.3) is 0 Å². The van der Waals surface area contributed by atoms with E-state index >= 15 is 0 Å². The Balaban J connectivity index is 1.82. The molecule has 0 amide bonds. The minimum Gasteiger partial charge on any atom is -0.346 e. The third-order valence-corrected chi connectivity index (χ3v) is 4.02. The Hall–Kier alpha value is -0.880. The van der Waals surface area contributed by atoms with Crippen molar-refractivity contribution in [2.45, 2.75) is 103 Å². The molecule has 3 heteroatoms. The van der Waals surface area contributed by atoms with Crippen LogP contribution in [0.15, 0.2) is 4.99 Å². The summed E-state index contributed by atoms with van der Waals surface area (Å²) in [6, 6.07) is 2.20. The van der Waals surface area contributed by atoms with E-state index in [9.17, 15) is 0 Å². The van der Waals surface area contributed by atoms with E-state index < -0.39 is 0 Å². The van der Waals surface area contributed by atoms with Crippen molar-refractivity contribution in [2.75, 3.05) is 0 Å². The van der Waals surface area contributed by atoms with E-state index in [2.05, 4.69) is 24.2 Å². The summed E-state index contributed by atoms with van der Waals surface area (Å²) < 4.78 is 5.57. The molecule has 3 nitrogen and oxygen atoms in total. The molecule has 120 valence electrons. The number of epoxide rings is 1. The second-order valence-corrected chi connectivity index (χ2v) is 6.06. The number of aliphatic imine (C=N–C) groups is 1. The van der Waals surface area contributed by atoms with Crippen LogP contribution in [0, 0.1) is 11.3 Å². The first-order valence-electron chi connectivity index (χ1n) is 8.92. The highest BCUT2D eigenvalue weighted by molar-refractivity contribution is 5.57. The summed E-state index contributed by atoms with van der Waals surface area (Å²) in [6.07, 6.45) is 18.2. The van der Waals surface area contributed by atoms with Crippen molar-refractivity contribution >= 4 is 6.21 Å². The number of unbranched alkanes of at least 4 members (excludes halogenated alkanes) is 10. The van der Waals surface area contributed by atoms with Crippen LogP contribution in [0.4, 0.5) is 0 Å². The lowest BCUT2D eigenvalue weighted by molar-refractivity contribution is 0.361. The van der Waals surface area contributed by atoms with E-state index in [0.29, 0.717) is 12.5 Å². The van der Waals surface area contributed by atoms with Crippen LogP contribution in [0.1, 0.15) is 90.4 Å². The molecule has 0 aromatic heterocycles. The quantitative estimate of drug-likeness (QED) is 0.244. The van der Waals surface area contributed by atoms with E-state index in [1.54, 1.807) is 0 Å². The van der Waals surface area contributed by atoms with Crippen LogP contribution in [0.25, 0.3) is 0 Å². The second-order valence-electron chi connectivity index (χ2n) is 6.06. The predicted molar refractivity (Wildman–Crippen MR) is 88.5 cm³/mol. The Morgan fingerprint density at radius 2 is 1.71 bits per heavy atom. The maximum atomic E-state index is 8.44. The molecule has 0 spiro atoms. The van der Waals surface area contributed by atoms with E-state index in [0.717, 1.165) is 19.3 Å². The zero-order chi connectivity index (χ0) is 15.2. The molecule has 0 N–H and O–H groups in total. The average molecular weight is 292 g/mol. The highest BCUT2D eigenvalue weighted by Gasteiger charge is 2.37. The minimum absolute atomic E-state index is 0.166. The van der Waals surface area contributed by atoms with Crippen LogP contribution >= 0.6 is 0 Å². The van der Waals surface area contributed by atoms with Crippen LogP contribution < -0.4 is 0 Å². The molecular formula is C18H32N2O. The Kier molecular flexibility index (Phi) is 11.1. The van der Waals surface area contributed by atoms with Crippen LogP contribution in [0.5, 0.6) is 0 Å². The molecular weight excluding hydrogens is 260 g/mol. The Morgan fingerprint density at radius 1 is 1.00 bits per heavy atom. The number of hydrogen-bond donors (Lipinski definition) is 0. The zero-order valence-corrected chi connectivity index (χ0v) is 13.7. The van der Waals surface area contributed by atoms with Gasteiger partial charge in [0.1, 0.15) is 6.10 Å². The fraction of sp³-hybridized carbons (Fsp3) is 0.889. The maximum absolute atomic E-state index is 8.44. The summed E-state index contributed by atoms with van der Waals surface area (Å²) in [5.74, 6) is 0. The van der Waals surface area contributed by atoms with Gasteiger partial charge in [-0.15, -0.1) is 0 Å². The monoisotopic (exact) mass is 292 g/mol. The third-order valence-electron chi connectivity index (χ3n) is 4.02. The first-order valence-corrected chi connectivity index (χ1v) is 8.92. The first-order chi connectivity index (χ1) is 10.4. The molecule has 0 radical (unpaired) electrons. The van der Waals surface area contributed by atoms with Gasteiger partial charge in [0.15, 0.2) is 6.23 Å². The van der Waals surface area contributed by atoms with Crippen molar-refractivity contribution in [3.8, 4) is 6.07 Å². The van der Waals surface area contributed by atoms with Crippen molar-refractivity contribution in [2.24, 2.45) is 4.99 Å². The Morgan fingerprint density at radius 3 is 2.52 bits per heavy atom. The molecule has 0 aromatic carbocycles. The van der Waals surface area contributed by atoms with Crippen molar-refractivity contribution in [3.63, 3.8) is 0 Å². The van der Waals surface area contributed by atoms with Gasteiger partial charge in [0.05, 0.1) is 6.07 Å². The number of nitrogens with zero attached hydrogens (tertiary/aromatic N) is 2. The van der Waals surface area contributed by atoms with E-state index in [-0.39, 0.29) is 6.23 Å². The van der Waals surface area contributed by atoms with Gasteiger partial charge in [0.2, 0.25) is 0 Å². The SMILES string of the molecule is CCCCCCCC=N[C@H]1O[C@H]1CCCCCCCC#N. The van der Waals surface area contributed by atoms with Crippen LogP contribution in [0.2, 0.25) is 0 Å². The van der Waals surface area contributed by atoms with E-state index in [1.807, 2.05) is 0 Å². The number of nitriles is 1. The zero-order valence-electron chi connectivity index (χ0n) is 13.7. The molecule has 0 aromatic rings. The van der Waals surface area contributed by atoms with Crippen molar-refractivity contribution < 1.29 is 4.74 Å². The van der Waals surface area contributed by atoms with E-state index in [1.165, 1.54) is 57.8 Å². The Bertz CT molecular complexity index is 309. The summed E-state index contributed by atoms with van der Waals surface area (Å²) >= 11 is 0. The lowest BCUT2D eigenvalue weighted by Gasteiger charge is -1.97. The van der Waals surface area contributed by atoms with E-state index in [4.69, 9.17) is 10.00 Å². The summed E-state index contributed by atoms with van der Waals surface area (Å²) in [5.41, 5.74) is 0. The van der Waals surface area contributed by atoms with Gasteiger partial charge >= 0.3 is 0 Å². The lowest BCUT2D eigenvalue weighted by atomic mass is 10.1. The predicted octanol–water partition coefficient (Wildman–Crippen LogP) is 5.40. The number of rotatable bonds is 14. The largest absolute Gasteiger partial charge is 0.346 e. The van der Waals surface area contributed by atoms with Gasteiger partial charge in [-0.25, -0.2) is 0 Å². The summed E-state index contributed by atoms with van der Waals surface area (Å²) in [5, 5.41) is 8.44. The Labute approximate surface area is 130 Å². The van der Waals surface area contributed by atoms with Crippen molar-refractivity contribution in [3.05, 3.63) is 0 Å². The molecule has 0 aliphatic carbocycles. The molecule has 0 unspecified atom stereocenters. The minimum atomic E-state index is 0.166. The van der Waals surface area contributed by atoms with Crippen LogP contribution in [-0.2, 0) is 4.74 Å². The summed E-state index contributed by atoms with van der Waals surface area (Å²) in [4.78, 5) is 4.49. The summed E-state index contributed by atoms with van der Waals surface area (Å²) in [7, 11) is 0. The second kappa shape index (κ2) is 12.8. The normalized spacial score (nSPS) is 20.8. The van der Waals surface area contributed by atoms with Crippen molar-refractivity contribution in [1.82, 2.24) is 0 Å². The van der Waals surface area contributed by atoms with Gasteiger partial charge in [0, 0.05) is 12.6 Å². The van der Waals surface area contributed by atoms with Gasteiger partial charge in [-0.2, -0.15) is 5.26 Å². The fourth-order valence-electron chi connectivity index (χ4n) is 2.57. The smallest absolute Gasteiger partial charge is 0.174 e. The van der Waals surface area contributed by atoms with Crippen molar-refractivity contribution in [1.29, 1.82) is 5.26 Å². The molecule has 1 heterocycles. The first kappa shape index (κ1) is 18.2. The standard InChI is InChI=1S/C18H32N2O/c1-2-3-4-5-10-13-16-20-18-17(21-18)14-11-8-6-7-9-12-15-19/h16-18H,2-14H2,1H3/t17-,18-/m0/s1. The molecule has 1 saturated heterocycles. The molecule has 1 rings (SSSR count). The fourth-order valence-corrected chi connectivity index (χ4v) is 2.57. The molecule has 21 heavy (non-hydrogen) atoms. The molecule has 0 saturated carbocycles.